The van der Waals surface area contributed by atoms with Crippen molar-refractivity contribution >= 4 is 11.6 Å². The number of ketones is 2. The van der Waals surface area contributed by atoms with Crippen LogP contribution in [0.15, 0.2) is 130 Å². The van der Waals surface area contributed by atoms with E-state index in [2.05, 4.69) is 65.8 Å². The predicted octanol–water partition coefficient (Wildman–Crippen LogP) is 8.91. The molecule has 0 spiro atoms. The summed E-state index contributed by atoms with van der Waals surface area (Å²) in [7, 11) is 0. The van der Waals surface area contributed by atoms with E-state index in [-0.39, 0.29) is 22.4 Å². The number of rotatable bonds is 10. The Balaban J connectivity index is 1.95. The minimum atomic E-state index is -0.907. The Labute approximate surface area is 265 Å². The first kappa shape index (κ1) is 36.6. The van der Waals surface area contributed by atoms with E-state index in [1.807, 2.05) is 74.6 Å². The first-order chi connectivity index (χ1) is 20.5. The molecule has 2 atom stereocenters. The van der Waals surface area contributed by atoms with Crippen LogP contribution in [0.2, 0.25) is 0 Å². The molecule has 4 nitrogen and oxygen atoms in total. The Morgan fingerprint density at radius 2 is 0.864 bits per heavy atom. The summed E-state index contributed by atoms with van der Waals surface area (Å²) in [5.74, 6) is -0.350. The van der Waals surface area contributed by atoms with Gasteiger partial charge in [-0.15, -0.1) is 0 Å². The zero-order chi connectivity index (χ0) is 33.2. The van der Waals surface area contributed by atoms with E-state index in [9.17, 15) is 19.8 Å². The topological polar surface area (TPSA) is 74.6 Å². The molecule has 2 N–H and O–H groups in total. The van der Waals surface area contributed by atoms with Gasteiger partial charge < -0.3 is 10.2 Å². The summed E-state index contributed by atoms with van der Waals surface area (Å²) in [6.45, 7) is 20.0. The van der Waals surface area contributed by atoms with Gasteiger partial charge in [0.2, 0.25) is 0 Å². The molecular weight excluding hydrogens is 544 g/mol. The summed E-state index contributed by atoms with van der Waals surface area (Å²) in [4.78, 5) is 24.5. The second kappa shape index (κ2) is 15.9. The van der Waals surface area contributed by atoms with Crippen molar-refractivity contribution < 1.29 is 19.8 Å². The molecule has 0 fully saturated rings. The smallest absolute Gasteiger partial charge is 0.187 e. The van der Waals surface area contributed by atoms with Crippen molar-refractivity contribution in [3.05, 3.63) is 130 Å². The highest BCUT2D eigenvalue weighted by Crippen LogP contribution is 2.40. The van der Waals surface area contributed by atoms with Crippen LogP contribution in [-0.4, -0.2) is 34.0 Å². The molecule has 236 valence electrons. The van der Waals surface area contributed by atoms with Crippen molar-refractivity contribution in [1.29, 1.82) is 0 Å². The third-order valence-corrected chi connectivity index (χ3v) is 8.31. The monoisotopic (exact) mass is 596 g/mol. The fourth-order valence-electron chi connectivity index (χ4n) is 5.62. The van der Waals surface area contributed by atoms with Gasteiger partial charge in [-0.05, 0) is 87.5 Å². The van der Waals surface area contributed by atoms with Gasteiger partial charge in [0.1, 0.15) is 12.2 Å². The molecule has 0 saturated carbocycles. The predicted molar refractivity (Wildman–Crippen MR) is 185 cm³/mol. The van der Waals surface area contributed by atoms with Crippen molar-refractivity contribution in [1.82, 2.24) is 0 Å². The number of carbonyl (C=O) groups is 2. The molecular formula is C40H52O4. The van der Waals surface area contributed by atoms with Gasteiger partial charge in [0, 0.05) is 0 Å². The zero-order valence-electron chi connectivity index (χ0n) is 28.4. The highest BCUT2D eigenvalue weighted by Gasteiger charge is 2.37. The van der Waals surface area contributed by atoms with Crippen LogP contribution in [0.5, 0.6) is 0 Å². The highest BCUT2D eigenvalue weighted by molar-refractivity contribution is 6.01. The number of hydrogen-bond donors (Lipinski definition) is 2. The maximum atomic E-state index is 12.2. The third-order valence-electron chi connectivity index (χ3n) is 8.31. The molecule has 2 rings (SSSR count). The lowest BCUT2D eigenvalue weighted by Gasteiger charge is -2.34. The molecule has 0 aliphatic heterocycles. The molecule has 2 aliphatic carbocycles. The highest BCUT2D eigenvalue weighted by atomic mass is 16.3. The van der Waals surface area contributed by atoms with E-state index >= 15 is 0 Å². The maximum Gasteiger partial charge on any atom is 0.187 e. The molecule has 0 unspecified atom stereocenters. The SMILES string of the molecule is CC1=C(/C=C/C(C)=C/C=C/C(C)=C\C=C\C=C(C)\C=C\C=C(C)\C=C\C2=C(C)C(=O)[C@H](O)CC2(C)C)C(C)(C)C[C@@H](O)C1=O. The van der Waals surface area contributed by atoms with E-state index in [4.69, 9.17) is 0 Å². The van der Waals surface area contributed by atoms with Crippen LogP contribution in [0.25, 0.3) is 0 Å². The average molecular weight is 597 g/mol. The van der Waals surface area contributed by atoms with Gasteiger partial charge in [-0.2, -0.15) is 0 Å². The van der Waals surface area contributed by atoms with Gasteiger partial charge in [-0.1, -0.05) is 135 Å². The summed E-state index contributed by atoms with van der Waals surface area (Å²) >= 11 is 0. The number of carbonyl (C=O) groups excluding carboxylic acids is 2. The minimum absolute atomic E-state index is 0.175. The summed E-state index contributed by atoms with van der Waals surface area (Å²) < 4.78 is 0. The van der Waals surface area contributed by atoms with Crippen LogP contribution in [0.1, 0.15) is 82.1 Å². The van der Waals surface area contributed by atoms with E-state index < -0.39 is 12.2 Å². The lowest BCUT2D eigenvalue weighted by Crippen LogP contribution is -2.35. The Kier molecular flexibility index (Phi) is 13.2. The maximum absolute atomic E-state index is 12.2. The molecule has 0 aromatic carbocycles. The number of allylic oxidation sites excluding steroid dienone is 20. The van der Waals surface area contributed by atoms with Crippen molar-refractivity contribution in [3.63, 3.8) is 0 Å². The Bertz CT molecular complexity index is 1340. The largest absolute Gasteiger partial charge is 0.385 e. The Morgan fingerprint density at radius 3 is 1.20 bits per heavy atom. The van der Waals surface area contributed by atoms with Crippen molar-refractivity contribution in [2.75, 3.05) is 0 Å². The molecule has 0 aromatic rings. The second-order valence-electron chi connectivity index (χ2n) is 13.4. The molecule has 0 bridgehead atoms. The van der Waals surface area contributed by atoms with Gasteiger partial charge in [0.25, 0.3) is 0 Å². The van der Waals surface area contributed by atoms with E-state index in [1.165, 1.54) is 0 Å². The third kappa shape index (κ3) is 10.5. The fraction of sp³-hybridized carbons (Fsp3) is 0.400. The van der Waals surface area contributed by atoms with Crippen LogP contribution < -0.4 is 0 Å². The second-order valence-corrected chi connectivity index (χ2v) is 13.4. The van der Waals surface area contributed by atoms with Crippen molar-refractivity contribution in [2.45, 2.75) is 94.3 Å². The van der Waals surface area contributed by atoms with E-state index in [0.29, 0.717) is 24.0 Å². The molecule has 0 aromatic heterocycles. The summed E-state index contributed by atoms with van der Waals surface area (Å²) in [6, 6.07) is 0. The number of aliphatic hydroxyl groups excluding tert-OH is 2. The molecule has 0 heterocycles. The fourth-order valence-corrected chi connectivity index (χ4v) is 5.62. The van der Waals surface area contributed by atoms with Crippen LogP contribution in [0.4, 0.5) is 0 Å². The normalized spacial score (nSPS) is 24.5. The standard InChI is InChI=1S/C40H52O4/c1-27(17-13-19-29(3)21-23-33-31(5)37(43)35(41)25-39(33,7)8)15-11-12-16-28(2)18-14-20-30(4)22-24-34-32(6)38(44)36(42)26-40(34,9)10/h11-24,35-36,41-42H,25-26H2,1-10H3/b12-11+,17-13+,18-14+,23-21+,24-22+,27-15-,28-16+,29-19+,30-20+/t35-,36-/m1/s1. The molecule has 44 heavy (non-hydrogen) atoms. The first-order valence-corrected chi connectivity index (χ1v) is 15.4. The minimum Gasteiger partial charge on any atom is -0.385 e. The van der Waals surface area contributed by atoms with E-state index in [0.717, 1.165) is 33.4 Å². The first-order valence-electron chi connectivity index (χ1n) is 15.4. The number of hydrogen-bond acceptors (Lipinski definition) is 4. The molecule has 0 radical (unpaired) electrons. The zero-order valence-corrected chi connectivity index (χ0v) is 28.4. The van der Waals surface area contributed by atoms with Crippen LogP contribution in [0.3, 0.4) is 0 Å². The summed E-state index contributed by atoms with van der Waals surface area (Å²) in [6.07, 6.45) is 27.5. The summed E-state index contributed by atoms with van der Waals surface area (Å²) in [5, 5.41) is 20.0. The van der Waals surface area contributed by atoms with Gasteiger partial charge in [-0.3, -0.25) is 9.59 Å². The number of aliphatic hydroxyl groups is 2. The van der Waals surface area contributed by atoms with Crippen molar-refractivity contribution in [2.24, 2.45) is 10.8 Å². The van der Waals surface area contributed by atoms with Crippen LogP contribution in [0, 0.1) is 10.8 Å². The van der Waals surface area contributed by atoms with E-state index in [1.54, 1.807) is 13.8 Å². The van der Waals surface area contributed by atoms with Gasteiger partial charge >= 0.3 is 0 Å². The quantitative estimate of drug-likeness (QED) is 0.247. The lowest BCUT2D eigenvalue weighted by atomic mass is 9.71. The summed E-state index contributed by atoms with van der Waals surface area (Å²) in [5.41, 5.74) is 7.16. The molecule has 0 amide bonds. The van der Waals surface area contributed by atoms with Crippen molar-refractivity contribution in [3.8, 4) is 0 Å². The Hall–Kier alpha value is -3.60. The molecule has 4 heteroatoms. The average Bonchev–Trinajstić information content (AvgIpc) is 2.92. The van der Waals surface area contributed by atoms with Crippen LogP contribution in [-0.2, 0) is 9.59 Å². The van der Waals surface area contributed by atoms with Gasteiger partial charge in [0.15, 0.2) is 11.6 Å². The van der Waals surface area contributed by atoms with Gasteiger partial charge in [0.05, 0.1) is 0 Å². The molecule has 2 aliphatic rings. The molecule has 0 saturated heterocycles. The lowest BCUT2D eigenvalue weighted by molar-refractivity contribution is -0.126. The Morgan fingerprint density at radius 1 is 0.568 bits per heavy atom. The van der Waals surface area contributed by atoms with Gasteiger partial charge in [-0.25, -0.2) is 0 Å². The number of Topliss-reactive ketones (excluding diaryl/α,β-unsaturated/α-hetero) is 2. The van der Waals surface area contributed by atoms with Crippen LogP contribution >= 0.6 is 0 Å².